The lowest BCUT2D eigenvalue weighted by atomic mass is 9.94. The highest BCUT2D eigenvalue weighted by Crippen LogP contribution is 2.27. The highest BCUT2D eigenvalue weighted by molar-refractivity contribution is 5.79. The molecule has 0 N–H and O–H groups in total. The van der Waals surface area contributed by atoms with Crippen LogP contribution < -0.4 is 0 Å². The molecule has 2 aromatic heterocycles. The maximum Gasteiger partial charge on any atom is 0.225 e. The number of nitrogens with zero attached hydrogens (tertiary/aromatic N) is 5. The molecule has 144 valence electrons. The predicted octanol–water partition coefficient (Wildman–Crippen LogP) is 3.55. The van der Waals surface area contributed by atoms with Crippen LogP contribution in [0.4, 0.5) is 0 Å². The van der Waals surface area contributed by atoms with E-state index in [-0.39, 0.29) is 5.92 Å². The van der Waals surface area contributed by atoms with Crippen molar-refractivity contribution in [3.8, 4) is 11.3 Å². The van der Waals surface area contributed by atoms with Gasteiger partial charge in [0, 0.05) is 43.5 Å². The van der Waals surface area contributed by atoms with Crippen LogP contribution in [0, 0.1) is 11.8 Å². The molecular weight excluding hydrogens is 338 g/mol. The summed E-state index contributed by atoms with van der Waals surface area (Å²) in [5.41, 5.74) is 1.84. The fourth-order valence-electron chi connectivity index (χ4n) is 4.50. The number of carbonyl (C=O) groups is 1. The molecule has 0 aromatic carbocycles. The van der Waals surface area contributed by atoms with Crippen molar-refractivity contribution in [1.82, 2.24) is 24.9 Å². The Hall–Kier alpha value is -2.24. The topological polar surface area (TPSA) is 63.9 Å². The van der Waals surface area contributed by atoms with Crippen LogP contribution in [0.5, 0.6) is 0 Å². The van der Waals surface area contributed by atoms with E-state index in [1.165, 1.54) is 25.7 Å². The molecule has 1 amide bonds. The molecule has 1 saturated carbocycles. The zero-order valence-electron chi connectivity index (χ0n) is 16.0. The summed E-state index contributed by atoms with van der Waals surface area (Å²) in [5.74, 6) is 1.11. The lowest BCUT2D eigenvalue weighted by molar-refractivity contribution is -0.138. The number of hydrogen-bond acceptors (Lipinski definition) is 4. The third-order valence-corrected chi connectivity index (χ3v) is 5.98. The van der Waals surface area contributed by atoms with E-state index in [9.17, 15) is 4.79 Å². The normalized spacial score (nSPS) is 21.8. The lowest BCUT2D eigenvalue weighted by Crippen LogP contribution is -2.44. The molecule has 1 aliphatic heterocycles. The summed E-state index contributed by atoms with van der Waals surface area (Å²) in [6, 6.07) is 3.90. The van der Waals surface area contributed by atoms with Crippen LogP contribution in [0.1, 0.15) is 51.4 Å². The van der Waals surface area contributed by atoms with Gasteiger partial charge in [-0.2, -0.15) is 0 Å². The second-order valence-corrected chi connectivity index (χ2v) is 8.05. The largest absolute Gasteiger partial charge is 0.342 e. The molecule has 6 heteroatoms. The summed E-state index contributed by atoms with van der Waals surface area (Å²) in [7, 11) is 0. The molecule has 0 unspecified atom stereocenters. The van der Waals surface area contributed by atoms with Gasteiger partial charge in [-0.15, -0.1) is 5.10 Å². The highest BCUT2D eigenvalue weighted by Gasteiger charge is 2.29. The average Bonchev–Trinajstić information content (AvgIpc) is 3.00. The Morgan fingerprint density at radius 3 is 2.74 bits per heavy atom. The Morgan fingerprint density at radius 1 is 1.11 bits per heavy atom. The first-order valence-electron chi connectivity index (χ1n) is 10.4. The molecule has 3 heterocycles. The molecule has 1 atom stereocenters. The Labute approximate surface area is 161 Å². The minimum absolute atomic E-state index is 0.259. The Kier molecular flexibility index (Phi) is 5.80. The monoisotopic (exact) mass is 367 g/mol. The molecule has 1 saturated heterocycles. The summed E-state index contributed by atoms with van der Waals surface area (Å²) >= 11 is 0. The Balaban J connectivity index is 1.36. The first kappa shape index (κ1) is 18.1. The van der Waals surface area contributed by atoms with Gasteiger partial charge in [0.1, 0.15) is 5.69 Å². The number of carbonyl (C=O) groups excluding carboxylic acids is 1. The Morgan fingerprint density at radius 2 is 1.96 bits per heavy atom. The van der Waals surface area contributed by atoms with Crippen molar-refractivity contribution in [2.24, 2.45) is 11.8 Å². The van der Waals surface area contributed by atoms with Crippen molar-refractivity contribution in [1.29, 1.82) is 0 Å². The summed E-state index contributed by atoms with van der Waals surface area (Å²) < 4.78 is 1.92. The van der Waals surface area contributed by atoms with E-state index in [1.807, 2.05) is 29.2 Å². The van der Waals surface area contributed by atoms with Crippen molar-refractivity contribution in [3.05, 3.63) is 30.7 Å². The summed E-state index contributed by atoms with van der Waals surface area (Å²) in [5, 5.41) is 8.58. The maximum absolute atomic E-state index is 13.0. The maximum atomic E-state index is 13.0. The second-order valence-electron chi connectivity index (χ2n) is 8.05. The number of amides is 1. The van der Waals surface area contributed by atoms with Gasteiger partial charge in [0.15, 0.2) is 0 Å². The molecule has 27 heavy (non-hydrogen) atoms. The van der Waals surface area contributed by atoms with Crippen molar-refractivity contribution < 1.29 is 4.79 Å². The molecule has 0 bridgehead atoms. The van der Waals surface area contributed by atoms with Gasteiger partial charge < -0.3 is 4.90 Å². The number of piperidine rings is 1. The molecule has 2 fully saturated rings. The van der Waals surface area contributed by atoms with E-state index in [1.54, 1.807) is 6.20 Å². The number of likely N-dealkylation sites (tertiary alicyclic amines) is 1. The predicted molar refractivity (Wildman–Crippen MR) is 104 cm³/mol. The minimum Gasteiger partial charge on any atom is -0.342 e. The van der Waals surface area contributed by atoms with Gasteiger partial charge in [0.25, 0.3) is 0 Å². The van der Waals surface area contributed by atoms with E-state index < -0.39 is 0 Å². The van der Waals surface area contributed by atoms with E-state index in [2.05, 4.69) is 20.2 Å². The van der Waals surface area contributed by atoms with E-state index in [4.69, 9.17) is 0 Å². The summed E-state index contributed by atoms with van der Waals surface area (Å²) in [6.45, 7) is 2.60. The summed E-state index contributed by atoms with van der Waals surface area (Å²) in [4.78, 5) is 19.3. The number of aromatic nitrogens is 4. The number of pyridine rings is 1. The molecular formula is C21H29N5O. The van der Waals surface area contributed by atoms with Crippen LogP contribution in [0.15, 0.2) is 30.7 Å². The third kappa shape index (κ3) is 4.54. The van der Waals surface area contributed by atoms with Crippen molar-refractivity contribution >= 4 is 5.91 Å². The van der Waals surface area contributed by atoms with Crippen LogP contribution in [-0.2, 0) is 11.3 Å². The molecule has 6 nitrogen and oxygen atoms in total. The van der Waals surface area contributed by atoms with Crippen molar-refractivity contribution in [2.45, 2.75) is 57.9 Å². The van der Waals surface area contributed by atoms with Gasteiger partial charge in [0.2, 0.25) is 5.91 Å². The van der Waals surface area contributed by atoms with Gasteiger partial charge >= 0.3 is 0 Å². The van der Waals surface area contributed by atoms with E-state index in [0.29, 0.717) is 11.8 Å². The van der Waals surface area contributed by atoms with Crippen LogP contribution >= 0.6 is 0 Å². The van der Waals surface area contributed by atoms with Crippen molar-refractivity contribution in [3.63, 3.8) is 0 Å². The fourth-order valence-corrected chi connectivity index (χ4v) is 4.50. The first-order valence-corrected chi connectivity index (χ1v) is 10.4. The van der Waals surface area contributed by atoms with Gasteiger partial charge in [0.05, 0.1) is 6.20 Å². The SMILES string of the molecule is O=C(C1CCCCCC1)N1CCC[C@@H](Cn2cc(-c3cccnc3)nn2)C1. The molecule has 2 aromatic rings. The molecule has 4 rings (SSSR count). The molecule has 2 aliphatic rings. The van der Waals surface area contributed by atoms with E-state index in [0.717, 1.165) is 56.6 Å². The van der Waals surface area contributed by atoms with E-state index >= 15 is 0 Å². The number of rotatable bonds is 4. The fraction of sp³-hybridized carbons (Fsp3) is 0.619. The van der Waals surface area contributed by atoms with Gasteiger partial charge in [-0.05, 0) is 43.7 Å². The quantitative estimate of drug-likeness (QED) is 0.775. The lowest BCUT2D eigenvalue weighted by Gasteiger charge is -2.34. The standard InChI is InChI=1S/C21H29N5O/c27-21(18-8-3-1-2-4-9-18)25-12-6-7-17(14-25)15-26-16-20(23-24-26)19-10-5-11-22-13-19/h5,10-11,13,16-18H,1-4,6-9,12,14-15H2/t17-/m1/s1. The average molecular weight is 367 g/mol. The summed E-state index contributed by atoms with van der Waals surface area (Å²) in [6.07, 6.45) is 15.0. The molecule has 0 spiro atoms. The van der Waals surface area contributed by atoms with Crippen LogP contribution in [-0.4, -0.2) is 43.9 Å². The third-order valence-electron chi connectivity index (χ3n) is 5.98. The Bertz CT molecular complexity index is 736. The molecule has 0 radical (unpaired) electrons. The first-order chi connectivity index (χ1) is 13.3. The molecule has 1 aliphatic carbocycles. The van der Waals surface area contributed by atoms with Crippen LogP contribution in [0.25, 0.3) is 11.3 Å². The van der Waals surface area contributed by atoms with Gasteiger partial charge in [-0.3, -0.25) is 14.5 Å². The smallest absolute Gasteiger partial charge is 0.225 e. The number of hydrogen-bond donors (Lipinski definition) is 0. The van der Waals surface area contributed by atoms with Gasteiger partial charge in [-0.1, -0.05) is 30.9 Å². The minimum atomic E-state index is 0.259. The zero-order chi connectivity index (χ0) is 18.5. The van der Waals surface area contributed by atoms with Crippen molar-refractivity contribution in [2.75, 3.05) is 13.1 Å². The highest BCUT2D eigenvalue weighted by atomic mass is 16.2. The second kappa shape index (κ2) is 8.63. The van der Waals surface area contributed by atoms with Crippen LogP contribution in [0.3, 0.4) is 0 Å². The zero-order valence-corrected chi connectivity index (χ0v) is 16.0. The van der Waals surface area contributed by atoms with Crippen LogP contribution in [0.2, 0.25) is 0 Å². The van der Waals surface area contributed by atoms with Gasteiger partial charge in [-0.25, -0.2) is 0 Å².